The SMILES string of the molecule is Cc1cccc(-c2cc(N)n(-c3ccc(C(=O)NCc4ccco4)cc3)n2)c1. The van der Waals surface area contributed by atoms with Crippen molar-refractivity contribution in [3.63, 3.8) is 0 Å². The summed E-state index contributed by atoms with van der Waals surface area (Å²) >= 11 is 0. The molecule has 0 saturated carbocycles. The number of hydrogen-bond acceptors (Lipinski definition) is 4. The van der Waals surface area contributed by atoms with Crippen molar-refractivity contribution >= 4 is 11.7 Å². The van der Waals surface area contributed by atoms with Gasteiger partial charge in [0.25, 0.3) is 5.91 Å². The largest absolute Gasteiger partial charge is 0.467 e. The van der Waals surface area contributed by atoms with Crippen molar-refractivity contribution in [3.8, 4) is 16.9 Å². The number of nitrogens with two attached hydrogens (primary N) is 1. The average Bonchev–Trinajstić information content (AvgIpc) is 3.36. The van der Waals surface area contributed by atoms with Crippen LogP contribution in [0.25, 0.3) is 16.9 Å². The highest BCUT2D eigenvalue weighted by molar-refractivity contribution is 5.94. The number of benzene rings is 2. The van der Waals surface area contributed by atoms with Crippen molar-refractivity contribution in [2.75, 3.05) is 5.73 Å². The molecule has 0 unspecified atom stereocenters. The fourth-order valence-electron chi connectivity index (χ4n) is 2.98. The molecule has 6 nitrogen and oxygen atoms in total. The monoisotopic (exact) mass is 372 g/mol. The van der Waals surface area contributed by atoms with E-state index in [9.17, 15) is 4.79 Å². The number of carbonyl (C=O) groups is 1. The molecule has 2 heterocycles. The quantitative estimate of drug-likeness (QED) is 0.555. The number of anilines is 1. The topological polar surface area (TPSA) is 86.1 Å². The molecule has 3 N–H and O–H groups in total. The first-order valence-corrected chi connectivity index (χ1v) is 8.94. The van der Waals surface area contributed by atoms with Crippen LogP contribution in [0.5, 0.6) is 0 Å². The van der Waals surface area contributed by atoms with Gasteiger partial charge >= 0.3 is 0 Å². The predicted octanol–water partition coefficient (Wildman–Crippen LogP) is 3.95. The first-order valence-electron chi connectivity index (χ1n) is 8.94. The molecule has 0 aliphatic heterocycles. The van der Waals surface area contributed by atoms with E-state index < -0.39 is 0 Å². The van der Waals surface area contributed by atoms with Gasteiger partial charge in [0.15, 0.2) is 0 Å². The molecule has 0 saturated heterocycles. The number of nitrogens with zero attached hydrogens (tertiary/aromatic N) is 2. The van der Waals surface area contributed by atoms with Crippen LogP contribution in [-0.4, -0.2) is 15.7 Å². The summed E-state index contributed by atoms with van der Waals surface area (Å²) in [5.41, 5.74) is 10.5. The van der Waals surface area contributed by atoms with Gasteiger partial charge in [-0.1, -0.05) is 23.8 Å². The van der Waals surface area contributed by atoms with Crippen molar-refractivity contribution in [2.24, 2.45) is 0 Å². The van der Waals surface area contributed by atoms with Crippen LogP contribution in [0.1, 0.15) is 21.7 Å². The molecule has 0 radical (unpaired) electrons. The van der Waals surface area contributed by atoms with Gasteiger partial charge in [-0.2, -0.15) is 5.10 Å². The second-order valence-corrected chi connectivity index (χ2v) is 6.54. The summed E-state index contributed by atoms with van der Waals surface area (Å²) in [6.07, 6.45) is 1.58. The molecular formula is C22H20N4O2. The van der Waals surface area contributed by atoms with Gasteiger partial charge in [0.2, 0.25) is 0 Å². The van der Waals surface area contributed by atoms with Gasteiger partial charge in [-0.25, -0.2) is 4.68 Å². The second-order valence-electron chi connectivity index (χ2n) is 6.54. The summed E-state index contributed by atoms with van der Waals surface area (Å²) in [5.74, 6) is 1.07. The molecule has 0 aliphatic carbocycles. The molecule has 6 heteroatoms. The highest BCUT2D eigenvalue weighted by Crippen LogP contribution is 2.24. The van der Waals surface area contributed by atoms with E-state index in [-0.39, 0.29) is 5.91 Å². The van der Waals surface area contributed by atoms with Crippen LogP contribution in [0.4, 0.5) is 5.82 Å². The first-order chi connectivity index (χ1) is 13.6. The second kappa shape index (κ2) is 7.44. The lowest BCUT2D eigenvalue weighted by Gasteiger charge is -2.07. The zero-order chi connectivity index (χ0) is 19.5. The van der Waals surface area contributed by atoms with Gasteiger partial charge in [-0.3, -0.25) is 4.79 Å². The Labute approximate surface area is 162 Å². The van der Waals surface area contributed by atoms with Crippen LogP contribution in [0.2, 0.25) is 0 Å². The highest BCUT2D eigenvalue weighted by Gasteiger charge is 2.11. The van der Waals surface area contributed by atoms with Crippen molar-refractivity contribution in [1.82, 2.24) is 15.1 Å². The third kappa shape index (κ3) is 3.66. The van der Waals surface area contributed by atoms with Gasteiger partial charge in [-0.15, -0.1) is 0 Å². The number of hydrogen-bond donors (Lipinski definition) is 2. The zero-order valence-electron chi connectivity index (χ0n) is 15.4. The Morgan fingerprint density at radius 2 is 1.93 bits per heavy atom. The van der Waals surface area contributed by atoms with Gasteiger partial charge in [-0.05, 0) is 49.4 Å². The van der Waals surface area contributed by atoms with Crippen LogP contribution >= 0.6 is 0 Å². The van der Waals surface area contributed by atoms with Crippen LogP contribution in [0.15, 0.2) is 77.4 Å². The molecule has 2 aromatic carbocycles. The summed E-state index contributed by atoms with van der Waals surface area (Å²) in [7, 11) is 0. The Morgan fingerprint density at radius 1 is 1.11 bits per heavy atom. The Morgan fingerprint density at radius 3 is 2.64 bits per heavy atom. The van der Waals surface area contributed by atoms with Crippen molar-refractivity contribution in [3.05, 3.63) is 89.9 Å². The number of aryl methyl sites for hydroxylation is 1. The number of carbonyl (C=O) groups excluding carboxylic acids is 1. The normalized spacial score (nSPS) is 10.8. The van der Waals surface area contributed by atoms with Crippen molar-refractivity contribution in [1.29, 1.82) is 0 Å². The molecule has 0 fully saturated rings. The summed E-state index contributed by atoms with van der Waals surface area (Å²) < 4.78 is 6.88. The van der Waals surface area contributed by atoms with Crippen LogP contribution in [0.3, 0.4) is 0 Å². The molecule has 1 amide bonds. The molecule has 4 aromatic rings. The minimum Gasteiger partial charge on any atom is -0.467 e. The molecule has 0 aliphatic rings. The molecule has 0 atom stereocenters. The van der Waals surface area contributed by atoms with E-state index in [1.54, 1.807) is 29.1 Å². The number of aromatic nitrogens is 2. The molecule has 140 valence electrons. The number of rotatable bonds is 5. The van der Waals surface area contributed by atoms with Gasteiger partial charge in [0.05, 0.1) is 24.2 Å². The maximum Gasteiger partial charge on any atom is 0.251 e. The number of amides is 1. The van der Waals surface area contributed by atoms with Crippen LogP contribution < -0.4 is 11.1 Å². The molecule has 0 bridgehead atoms. The molecule has 0 spiro atoms. The standard InChI is InChI=1S/C22H20N4O2/c1-15-4-2-5-17(12-15)20-13-21(23)26(25-20)18-9-7-16(8-10-18)22(27)24-14-19-6-3-11-28-19/h2-13H,14,23H2,1H3,(H,24,27). The summed E-state index contributed by atoms with van der Waals surface area (Å²) in [6.45, 7) is 2.39. The highest BCUT2D eigenvalue weighted by atomic mass is 16.3. The lowest BCUT2D eigenvalue weighted by Crippen LogP contribution is -2.22. The molecular weight excluding hydrogens is 352 g/mol. The third-order valence-corrected chi connectivity index (χ3v) is 4.43. The Bertz CT molecular complexity index is 1100. The Balaban J connectivity index is 1.51. The van der Waals surface area contributed by atoms with E-state index in [1.165, 1.54) is 0 Å². The number of nitrogen functional groups attached to an aromatic ring is 1. The van der Waals surface area contributed by atoms with Crippen LogP contribution in [-0.2, 0) is 6.54 Å². The van der Waals surface area contributed by atoms with Gasteiger partial charge in [0.1, 0.15) is 11.6 Å². The maximum absolute atomic E-state index is 12.3. The summed E-state index contributed by atoms with van der Waals surface area (Å²) in [4.78, 5) is 12.3. The van der Waals surface area contributed by atoms with E-state index in [0.29, 0.717) is 23.7 Å². The smallest absolute Gasteiger partial charge is 0.251 e. The third-order valence-electron chi connectivity index (χ3n) is 4.43. The van der Waals surface area contributed by atoms with E-state index in [0.717, 1.165) is 22.5 Å². The summed E-state index contributed by atoms with van der Waals surface area (Å²) in [5, 5.41) is 7.44. The van der Waals surface area contributed by atoms with E-state index in [1.807, 2.05) is 49.4 Å². The lowest BCUT2D eigenvalue weighted by atomic mass is 10.1. The first kappa shape index (κ1) is 17.6. The van der Waals surface area contributed by atoms with Crippen LogP contribution in [0, 0.1) is 6.92 Å². The number of nitrogens with one attached hydrogen (secondary N) is 1. The molecule has 2 aromatic heterocycles. The zero-order valence-corrected chi connectivity index (χ0v) is 15.4. The molecule has 28 heavy (non-hydrogen) atoms. The average molecular weight is 372 g/mol. The maximum atomic E-state index is 12.3. The Hall–Kier alpha value is -3.80. The fraction of sp³-hybridized carbons (Fsp3) is 0.0909. The minimum absolute atomic E-state index is 0.170. The minimum atomic E-state index is -0.170. The van der Waals surface area contributed by atoms with E-state index in [4.69, 9.17) is 10.2 Å². The van der Waals surface area contributed by atoms with E-state index in [2.05, 4.69) is 16.5 Å². The Kier molecular flexibility index (Phi) is 4.68. The lowest BCUT2D eigenvalue weighted by molar-refractivity contribution is 0.0948. The molecule has 4 rings (SSSR count). The van der Waals surface area contributed by atoms with E-state index >= 15 is 0 Å². The number of furan rings is 1. The predicted molar refractivity (Wildman–Crippen MR) is 108 cm³/mol. The summed E-state index contributed by atoms with van der Waals surface area (Å²) in [6, 6.07) is 20.7. The fourth-order valence-corrected chi connectivity index (χ4v) is 2.98. The van der Waals surface area contributed by atoms with Crippen molar-refractivity contribution in [2.45, 2.75) is 13.5 Å². The van der Waals surface area contributed by atoms with Gasteiger partial charge < -0.3 is 15.5 Å². The van der Waals surface area contributed by atoms with Crippen molar-refractivity contribution < 1.29 is 9.21 Å². The van der Waals surface area contributed by atoms with Gasteiger partial charge in [0, 0.05) is 17.2 Å².